The maximum absolute atomic E-state index is 11.9. The lowest BCUT2D eigenvalue weighted by Gasteiger charge is -2.38. The Morgan fingerprint density at radius 3 is 2.88 bits per heavy atom. The molecule has 0 bridgehead atoms. The van der Waals surface area contributed by atoms with Crippen LogP contribution in [0.3, 0.4) is 0 Å². The number of aryl methyl sites for hydroxylation is 1. The Balaban J connectivity index is 1.87. The zero-order valence-electron chi connectivity index (χ0n) is 10.4. The van der Waals surface area contributed by atoms with Gasteiger partial charge in [-0.25, -0.2) is 0 Å². The van der Waals surface area contributed by atoms with E-state index in [0.717, 1.165) is 12.1 Å². The lowest BCUT2D eigenvalue weighted by molar-refractivity contribution is -0.123. The number of nitrogens with two attached hydrogens (primary N) is 1. The molecule has 1 fully saturated rings. The summed E-state index contributed by atoms with van der Waals surface area (Å²) >= 11 is 0. The molecule has 1 heterocycles. The van der Waals surface area contributed by atoms with Crippen LogP contribution in [-0.4, -0.2) is 22.2 Å². The van der Waals surface area contributed by atoms with E-state index in [1.807, 2.05) is 7.05 Å². The fraction of sp³-hybridized carbons (Fsp3) is 0.667. The highest BCUT2D eigenvalue weighted by Crippen LogP contribution is 2.39. The minimum absolute atomic E-state index is 0.119. The van der Waals surface area contributed by atoms with E-state index in [4.69, 9.17) is 5.73 Å². The molecule has 1 unspecified atom stereocenters. The summed E-state index contributed by atoms with van der Waals surface area (Å²) < 4.78 is 1.65. The fourth-order valence-corrected chi connectivity index (χ4v) is 2.12. The van der Waals surface area contributed by atoms with Crippen molar-refractivity contribution < 1.29 is 4.79 Å². The van der Waals surface area contributed by atoms with Gasteiger partial charge in [0.2, 0.25) is 5.91 Å². The van der Waals surface area contributed by atoms with Crippen LogP contribution in [0.5, 0.6) is 0 Å². The molecule has 5 heteroatoms. The van der Waals surface area contributed by atoms with Gasteiger partial charge in [0, 0.05) is 25.4 Å². The summed E-state index contributed by atoms with van der Waals surface area (Å²) in [6, 6.07) is -0.618. The minimum Gasteiger partial charge on any atom is -0.354 e. The molecule has 1 amide bonds. The van der Waals surface area contributed by atoms with Crippen molar-refractivity contribution in [2.24, 2.45) is 18.2 Å². The minimum atomic E-state index is -0.618. The largest absolute Gasteiger partial charge is 0.354 e. The molecule has 3 N–H and O–H groups in total. The molecule has 0 saturated heterocycles. The molecule has 1 aromatic rings. The van der Waals surface area contributed by atoms with E-state index in [1.54, 1.807) is 17.1 Å². The second-order valence-corrected chi connectivity index (χ2v) is 5.31. The first-order chi connectivity index (χ1) is 8.00. The van der Waals surface area contributed by atoms with Gasteiger partial charge in [0.1, 0.15) is 6.04 Å². The van der Waals surface area contributed by atoms with Gasteiger partial charge in [-0.05, 0) is 18.3 Å². The number of hydrogen-bond acceptors (Lipinski definition) is 3. The lowest BCUT2D eigenvalue weighted by atomic mass is 9.70. The molecule has 1 aromatic heterocycles. The molecule has 2 rings (SSSR count). The van der Waals surface area contributed by atoms with E-state index < -0.39 is 6.04 Å². The standard InChI is InChI=1S/C12H20N4O/c1-12(4-3-5-12)8-14-11(17)10(13)9-6-15-16(2)7-9/h6-7,10H,3-5,8,13H2,1-2H3,(H,14,17). The average Bonchev–Trinajstić information content (AvgIpc) is 2.69. The summed E-state index contributed by atoms with van der Waals surface area (Å²) in [5.74, 6) is -0.119. The van der Waals surface area contributed by atoms with Crippen LogP contribution in [0.4, 0.5) is 0 Å². The molecule has 17 heavy (non-hydrogen) atoms. The first-order valence-corrected chi connectivity index (χ1v) is 6.02. The molecule has 1 aliphatic carbocycles. The Morgan fingerprint density at radius 2 is 2.41 bits per heavy atom. The third-order valence-corrected chi connectivity index (χ3v) is 3.62. The molecule has 0 radical (unpaired) electrons. The number of nitrogens with zero attached hydrogens (tertiary/aromatic N) is 2. The van der Waals surface area contributed by atoms with Crippen molar-refractivity contribution in [3.05, 3.63) is 18.0 Å². The molecular weight excluding hydrogens is 216 g/mol. The van der Waals surface area contributed by atoms with E-state index >= 15 is 0 Å². The fourth-order valence-electron chi connectivity index (χ4n) is 2.12. The van der Waals surface area contributed by atoms with Gasteiger partial charge in [0.05, 0.1) is 6.20 Å². The summed E-state index contributed by atoms with van der Waals surface area (Å²) in [6.07, 6.45) is 7.05. The highest BCUT2D eigenvalue weighted by atomic mass is 16.2. The van der Waals surface area contributed by atoms with Crippen molar-refractivity contribution in [3.63, 3.8) is 0 Å². The van der Waals surface area contributed by atoms with E-state index in [2.05, 4.69) is 17.3 Å². The van der Waals surface area contributed by atoms with Crippen LogP contribution in [0.1, 0.15) is 37.8 Å². The number of hydrogen-bond donors (Lipinski definition) is 2. The number of nitrogens with one attached hydrogen (secondary N) is 1. The zero-order valence-corrected chi connectivity index (χ0v) is 10.4. The van der Waals surface area contributed by atoms with Crippen LogP contribution in [0.25, 0.3) is 0 Å². The van der Waals surface area contributed by atoms with Crippen LogP contribution in [0.2, 0.25) is 0 Å². The van der Waals surface area contributed by atoms with Crippen molar-refractivity contribution in [2.45, 2.75) is 32.2 Å². The van der Waals surface area contributed by atoms with Gasteiger partial charge in [0.15, 0.2) is 0 Å². The van der Waals surface area contributed by atoms with Gasteiger partial charge in [-0.1, -0.05) is 13.3 Å². The van der Waals surface area contributed by atoms with Crippen LogP contribution in [0, 0.1) is 5.41 Å². The van der Waals surface area contributed by atoms with E-state index in [9.17, 15) is 4.79 Å². The van der Waals surface area contributed by atoms with Gasteiger partial charge >= 0.3 is 0 Å². The summed E-state index contributed by atoms with van der Waals surface area (Å²) in [6.45, 7) is 2.92. The maximum Gasteiger partial charge on any atom is 0.241 e. The number of rotatable bonds is 4. The monoisotopic (exact) mass is 236 g/mol. The summed E-state index contributed by atoms with van der Waals surface area (Å²) in [4.78, 5) is 11.9. The Morgan fingerprint density at radius 1 is 1.71 bits per heavy atom. The molecule has 5 nitrogen and oxygen atoms in total. The van der Waals surface area contributed by atoms with Gasteiger partial charge in [-0.15, -0.1) is 0 Å². The van der Waals surface area contributed by atoms with Crippen molar-refractivity contribution in [1.29, 1.82) is 0 Å². The smallest absolute Gasteiger partial charge is 0.241 e. The highest BCUT2D eigenvalue weighted by Gasteiger charge is 2.32. The quantitative estimate of drug-likeness (QED) is 0.809. The summed E-state index contributed by atoms with van der Waals surface area (Å²) in [5.41, 5.74) is 6.91. The molecule has 94 valence electrons. The number of carbonyl (C=O) groups is 1. The molecule has 1 aliphatic rings. The number of aromatic nitrogens is 2. The molecular formula is C12H20N4O. The van der Waals surface area contributed by atoms with Gasteiger partial charge in [-0.2, -0.15) is 5.10 Å². The van der Waals surface area contributed by atoms with Crippen LogP contribution >= 0.6 is 0 Å². The van der Waals surface area contributed by atoms with Gasteiger partial charge < -0.3 is 11.1 Å². The molecule has 1 saturated carbocycles. The molecule has 0 aromatic carbocycles. The lowest BCUT2D eigenvalue weighted by Crippen LogP contribution is -2.43. The number of carbonyl (C=O) groups excluding carboxylic acids is 1. The van der Waals surface area contributed by atoms with Crippen molar-refractivity contribution in [1.82, 2.24) is 15.1 Å². The summed E-state index contributed by atoms with van der Waals surface area (Å²) in [7, 11) is 1.81. The topological polar surface area (TPSA) is 72.9 Å². The Labute approximate surface area is 101 Å². The Kier molecular flexibility index (Phi) is 3.19. The van der Waals surface area contributed by atoms with Crippen LogP contribution in [-0.2, 0) is 11.8 Å². The predicted molar refractivity (Wildman–Crippen MR) is 65.1 cm³/mol. The highest BCUT2D eigenvalue weighted by molar-refractivity contribution is 5.82. The second kappa shape index (κ2) is 4.49. The normalized spacial score (nSPS) is 19.5. The van der Waals surface area contributed by atoms with Crippen molar-refractivity contribution in [2.75, 3.05) is 6.54 Å². The van der Waals surface area contributed by atoms with E-state index in [0.29, 0.717) is 0 Å². The average molecular weight is 236 g/mol. The molecule has 0 spiro atoms. The first-order valence-electron chi connectivity index (χ1n) is 6.02. The van der Waals surface area contributed by atoms with Crippen LogP contribution in [0.15, 0.2) is 12.4 Å². The van der Waals surface area contributed by atoms with E-state index in [1.165, 1.54) is 19.3 Å². The van der Waals surface area contributed by atoms with Crippen LogP contribution < -0.4 is 11.1 Å². The van der Waals surface area contributed by atoms with Gasteiger partial charge in [-0.3, -0.25) is 9.48 Å². The van der Waals surface area contributed by atoms with E-state index in [-0.39, 0.29) is 11.3 Å². The van der Waals surface area contributed by atoms with Gasteiger partial charge in [0.25, 0.3) is 0 Å². The second-order valence-electron chi connectivity index (χ2n) is 5.31. The molecule has 1 atom stereocenters. The zero-order chi connectivity index (χ0) is 12.5. The first kappa shape index (κ1) is 12.1. The van der Waals surface area contributed by atoms with Crippen molar-refractivity contribution >= 4 is 5.91 Å². The Bertz CT molecular complexity index is 408. The SMILES string of the molecule is Cn1cc(C(N)C(=O)NCC2(C)CCC2)cn1. The Hall–Kier alpha value is -1.36. The molecule has 0 aliphatic heterocycles. The van der Waals surface area contributed by atoms with Crippen molar-refractivity contribution in [3.8, 4) is 0 Å². The third-order valence-electron chi connectivity index (χ3n) is 3.62. The summed E-state index contributed by atoms with van der Waals surface area (Å²) in [5, 5.41) is 6.94. The number of amides is 1. The third kappa shape index (κ3) is 2.66. The predicted octanol–water partition coefficient (Wildman–Crippen LogP) is 0.726. The maximum atomic E-state index is 11.9.